The molecule has 0 saturated heterocycles. The Morgan fingerprint density at radius 1 is 0.750 bits per heavy atom. The van der Waals surface area contributed by atoms with Crippen molar-refractivity contribution >= 4 is 32.6 Å². The molecular weight excluding hydrogens is 292 g/mol. The van der Waals surface area contributed by atoms with Gasteiger partial charge < -0.3 is 4.57 Å². The molecule has 0 unspecified atom stereocenters. The van der Waals surface area contributed by atoms with Crippen LogP contribution >= 0.6 is 0 Å². The normalized spacial score (nSPS) is 12.3. The van der Waals surface area contributed by atoms with E-state index < -0.39 is 0 Å². The van der Waals surface area contributed by atoms with Gasteiger partial charge in [-0.05, 0) is 45.9 Å². The second-order valence-electron chi connectivity index (χ2n) is 7.47. The van der Waals surface area contributed by atoms with Gasteiger partial charge in [0.25, 0.3) is 0 Å². The number of fused-ring (bicyclic) bond motifs is 6. The fraction of sp³-hybridized carbons (Fsp3) is 0.318. The van der Waals surface area contributed by atoms with Crippen molar-refractivity contribution in [3.8, 4) is 0 Å². The van der Waals surface area contributed by atoms with Gasteiger partial charge in [0, 0.05) is 17.8 Å². The third-order valence-corrected chi connectivity index (χ3v) is 5.16. The van der Waals surface area contributed by atoms with Gasteiger partial charge in [0.1, 0.15) is 0 Å². The maximum Gasteiger partial charge on any atom is 0.0969 e. The molecule has 0 bridgehead atoms. The Morgan fingerprint density at radius 2 is 1.29 bits per heavy atom. The zero-order valence-electron chi connectivity index (χ0n) is 15.1. The van der Waals surface area contributed by atoms with Gasteiger partial charge in [-0.15, -0.1) is 0 Å². The zero-order chi connectivity index (χ0) is 17.0. The van der Waals surface area contributed by atoms with Crippen molar-refractivity contribution < 1.29 is 0 Å². The molecule has 122 valence electrons. The topological polar surface area (TPSA) is 17.8 Å². The maximum absolute atomic E-state index is 4.73. The first-order valence-corrected chi connectivity index (χ1v) is 8.77. The first-order valence-electron chi connectivity index (χ1n) is 8.77. The van der Waals surface area contributed by atoms with Crippen molar-refractivity contribution in [3.63, 3.8) is 0 Å². The van der Waals surface area contributed by atoms with Crippen LogP contribution in [0.2, 0.25) is 0 Å². The van der Waals surface area contributed by atoms with E-state index in [-0.39, 0.29) is 0 Å². The number of benzene rings is 3. The average molecular weight is 316 g/mol. The number of nitrogens with zero attached hydrogens (tertiary/aromatic N) is 2. The zero-order valence-corrected chi connectivity index (χ0v) is 15.1. The smallest absolute Gasteiger partial charge is 0.0969 e. The fourth-order valence-electron chi connectivity index (χ4n) is 3.65. The third-order valence-electron chi connectivity index (χ3n) is 5.16. The van der Waals surface area contributed by atoms with Crippen LogP contribution < -0.4 is 0 Å². The van der Waals surface area contributed by atoms with E-state index in [4.69, 9.17) is 4.98 Å². The first-order chi connectivity index (χ1) is 11.5. The summed E-state index contributed by atoms with van der Waals surface area (Å²) >= 11 is 0. The molecule has 0 radical (unpaired) electrons. The number of imidazole rings is 1. The summed E-state index contributed by atoms with van der Waals surface area (Å²) < 4.78 is 2.16. The molecule has 0 aliphatic carbocycles. The quantitative estimate of drug-likeness (QED) is 0.407. The molecule has 0 amide bonds. The van der Waals surface area contributed by atoms with Crippen LogP contribution in [0.1, 0.15) is 50.7 Å². The van der Waals surface area contributed by atoms with Crippen LogP contribution in [0.4, 0.5) is 0 Å². The van der Waals surface area contributed by atoms with Crippen molar-refractivity contribution in [2.75, 3.05) is 0 Å². The largest absolute Gasteiger partial charge is 0.333 e. The summed E-state index contributed by atoms with van der Waals surface area (Å²) in [6.07, 6.45) is 1.94. The van der Waals surface area contributed by atoms with E-state index in [2.05, 4.69) is 75.7 Å². The highest BCUT2D eigenvalue weighted by molar-refractivity contribution is 6.23. The molecule has 2 nitrogen and oxygen atoms in total. The van der Waals surface area contributed by atoms with E-state index in [1.165, 1.54) is 38.2 Å². The SMILES string of the molecule is CC(C)c1ccc2c3ccc(C(C)C)cc3c3c(ncn3C)c2c1. The molecule has 0 fully saturated rings. The Labute approximate surface area is 143 Å². The Kier molecular flexibility index (Phi) is 3.38. The summed E-state index contributed by atoms with van der Waals surface area (Å²) in [6, 6.07) is 13.8. The van der Waals surface area contributed by atoms with Gasteiger partial charge in [-0.1, -0.05) is 52.0 Å². The van der Waals surface area contributed by atoms with Gasteiger partial charge >= 0.3 is 0 Å². The van der Waals surface area contributed by atoms with Gasteiger partial charge in [0.15, 0.2) is 0 Å². The fourth-order valence-corrected chi connectivity index (χ4v) is 3.65. The number of aromatic nitrogens is 2. The molecule has 0 atom stereocenters. The van der Waals surface area contributed by atoms with Gasteiger partial charge in [0.05, 0.1) is 17.4 Å². The first kappa shape index (κ1) is 15.2. The predicted octanol–water partition coefficient (Wildman–Crippen LogP) is 6.13. The Bertz CT molecular complexity index is 1070. The molecule has 2 heteroatoms. The summed E-state index contributed by atoms with van der Waals surface area (Å²) in [5.41, 5.74) is 5.10. The predicted molar refractivity (Wildman–Crippen MR) is 104 cm³/mol. The van der Waals surface area contributed by atoms with Crippen LogP contribution in [-0.2, 0) is 7.05 Å². The minimum absolute atomic E-state index is 0.521. The van der Waals surface area contributed by atoms with E-state index in [1.807, 2.05) is 6.33 Å². The third kappa shape index (κ3) is 2.13. The number of hydrogen-bond donors (Lipinski definition) is 0. The van der Waals surface area contributed by atoms with Crippen molar-refractivity contribution in [2.45, 2.75) is 39.5 Å². The molecule has 0 spiro atoms. The lowest BCUT2D eigenvalue weighted by molar-refractivity contribution is 0.868. The van der Waals surface area contributed by atoms with E-state index in [0.29, 0.717) is 11.8 Å². The van der Waals surface area contributed by atoms with Crippen LogP contribution in [0.5, 0.6) is 0 Å². The van der Waals surface area contributed by atoms with E-state index in [0.717, 1.165) is 5.52 Å². The van der Waals surface area contributed by atoms with Crippen molar-refractivity contribution in [1.82, 2.24) is 9.55 Å². The minimum atomic E-state index is 0.521. The summed E-state index contributed by atoms with van der Waals surface area (Å²) in [6.45, 7) is 8.98. The lowest BCUT2D eigenvalue weighted by Gasteiger charge is -2.13. The van der Waals surface area contributed by atoms with Crippen LogP contribution in [0.3, 0.4) is 0 Å². The van der Waals surface area contributed by atoms with Crippen molar-refractivity contribution in [3.05, 3.63) is 53.9 Å². The average Bonchev–Trinajstić information content (AvgIpc) is 2.96. The molecule has 0 aliphatic rings. The second kappa shape index (κ2) is 5.34. The summed E-state index contributed by atoms with van der Waals surface area (Å²) in [5, 5.41) is 5.19. The molecule has 0 aliphatic heterocycles. The molecular formula is C22H24N2. The standard InChI is InChI=1S/C22H24N2/c1-13(2)15-6-8-17-18-9-7-16(14(3)4)11-20(18)22-21(19(17)10-15)23-12-24(22)5/h6-14H,1-5H3. The van der Waals surface area contributed by atoms with E-state index in [1.54, 1.807) is 0 Å². The Balaban J connectivity index is 2.22. The van der Waals surface area contributed by atoms with Crippen LogP contribution in [0.25, 0.3) is 32.6 Å². The molecule has 3 aromatic carbocycles. The summed E-state index contributed by atoms with van der Waals surface area (Å²) in [4.78, 5) is 4.73. The van der Waals surface area contributed by atoms with E-state index in [9.17, 15) is 0 Å². The second-order valence-corrected chi connectivity index (χ2v) is 7.47. The minimum Gasteiger partial charge on any atom is -0.333 e. The Hall–Kier alpha value is -2.35. The highest BCUT2D eigenvalue weighted by Crippen LogP contribution is 2.36. The molecule has 0 saturated carbocycles. The molecule has 1 aromatic heterocycles. The summed E-state index contributed by atoms with van der Waals surface area (Å²) in [7, 11) is 2.09. The highest BCUT2D eigenvalue weighted by atomic mass is 15.0. The van der Waals surface area contributed by atoms with Crippen LogP contribution in [-0.4, -0.2) is 9.55 Å². The van der Waals surface area contributed by atoms with Crippen molar-refractivity contribution in [2.24, 2.45) is 7.05 Å². The van der Waals surface area contributed by atoms with Gasteiger partial charge in [-0.25, -0.2) is 4.98 Å². The monoisotopic (exact) mass is 316 g/mol. The molecule has 1 heterocycles. The number of hydrogen-bond acceptors (Lipinski definition) is 1. The highest BCUT2D eigenvalue weighted by Gasteiger charge is 2.14. The van der Waals surface area contributed by atoms with Gasteiger partial charge in [0.2, 0.25) is 0 Å². The Morgan fingerprint density at radius 3 is 1.88 bits per heavy atom. The van der Waals surface area contributed by atoms with Gasteiger partial charge in [-0.3, -0.25) is 0 Å². The van der Waals surface area contributed by atoms with Gasteiger partial charge in [-0.2, -0.15) is 0 Å². The molecule has 4 aromatic rings. The lowest BCUT2D eigenvalue weighted by Crippen LogP contribution is -1.93. The van der Waals surface area contributed by atoms with E-state index >= 15 is 0 Å². The van der Waals surface area contributed by atoms with Crippen molar-refractivity contribution in [1.29, 1.82) is 0 Å². The molecule has 4 rings (SSSR count). The molecule has 24 heavy (non-hydrogen) atoms. The molecule has 0 N–H and O–H groups in total. The lowest BCUT2D eigenvalue weighted by atomic mass is 9.92. The maximum atomic E-state index is 4.73. The summed E-state index contributed by atoms with van der Waals surface area (Å²) in [5.74, 6) is 1.05. The number of aryl methyl sites for hydroxylation is 1. The van der Waals surface area contributed by atoms with Crippen LogP contribution in [0.15, 0.2) is 42.7 Å². The number of rotatable bonds is 2. The van der Waals surface area contributed by atoms with Crippen LogP contribution in [0, 0.1) is 0 Å².